The Morgan fingerprint density at radius 1 is 0.491 bits per heavy atom. The quantitative estimate of drug-likeness (QED) is 0.0213. The normalized spacial score (nSPS) is 11.7. The molecule has 0 aliphatic carbocycles. The van der Waals surface area contributed by atoms with Gasteiger partial charge in [-0.3, -0.25) is 0 Å². The van der Waals surface area contributed by atoms with Crippen LogP contribution in [0.1, 0.15) is 240 Å². The molecule has 0 aliphatic rings. The molecule has 1 rings (SSSR count). The Kier molecular flexibility index (Phi) is 40.0. The van der Waals surface area contributed by atoms with Crippen molar-refractivity contribution in [3.8, 4) is 0 Å². The molecule has 0 aliphatic heterocycles. The Bertz CT molecular complexity index is 1280. The third-order valence-corrected chi connectivity index (χ3v) is 11.4. The molecule has 0 heterocycles. The molecule has 7 nitrogen and oxygen atoms in total. The molecule has 1 aromatic rings. The van der Waals surface area contributed by atoms with Gasteiger partial charge < -0.3 is 14.0 Å². The molecule has 322 valence electrons. The molecule has 1 aromatic carbocycles. The van der Waals surface area contributed by atoms with Crippen LogP contribution in [0.2, 0.25) is 0 Å². The van der Waals surface area contributed by atoms with E-state index in [2.05, 4.69) is 38.2 Å². The van der Waals surface area contributed by atoms with Crippen molar-refractivity contribution in [3.63, 3.8) is 0 Å². The van der Waals surface area contributed by atoms with Crippen LogP contribution in [-0.4, -0.2) is 38.1 Å². The molecule has 0 N–H and O–H groups in total. The second-order valence-electron chi connectivity index (χ2n) is 15.7. The Morgan fingerprint density at radius 3 is 1.16 bits per heavy atom. The van der Waals surface area contributed by atoms with Crippen LogP contribution in [0.15, 0.2) is 47.4 Å². The molecule has 57 heavy (non-hydrogen) atoms. The zero-order valence-corrected chi connectivity index (χ0v) is 40.8. The molecule has 9 heteroatoms. The molecule has 0 bridgehead atoms. The first-order chi connectivity index (χ1) is 27.3. The van der Waals surface area contributed by atoms with Gasteiger partial charge in [0.25, 0.3) is 0 Å². The van der Waals surface area contributed by atoms with Crippen molar-refractivity contribution < 1.29 is 83.4 Å². The third kappa shape index (κ3) is 32.6. The topological polar surface area (TPSA) is 110 Å². The fourth-order valence-corrected chi connectivity index (χ4v) is 7.69. The minimum absolute atomic E-state index is 0. The van der Waals surface area contributed by atoms with Gasteiger partial charge in [0, 0.05) is 0 Å². The summed E-state index contributed by atoms with van der Waals surface area (Å²) in [5, 5.41) is 0. The van der Waals surface area contributed by atoms with Gasteiger partial charge in [0.1, 0.15) is 10.1 Å². The standard InChI is InChI=1S/C48H82O7S.K/c1-3-5-7-9-11-13-15-17-19-21-23-25-27-29-31-33-35-37-42-54-47(49)44-40-39-41-45(56(51,52)53)46(44)48(50)55-43-38-36-34-32-30-28-26-24-22-20-18-16-14-12-10-8-6-4-2;/h23-26,39-41H,3-22,27-38,42-43H2,1-2H3,(H,51,52,53);/q;+1/p-1/b25-23+,26-24+;. The monoisotopic (exact) mass is 841 g/mol. The Balaban J connectivity index is 0.0000314. The van der Waals surface area contributed by atoms with E-state index in [-0.39, 0.29) is 70.2 Å². The number of benzene rings is 1. The largest absolute Gasteiger partial charge is 1.00 e. The number of carbonyl (C=O) groups is 2. The van der Waals surface area contributed by atoms with Crippen molar-refractivity contribution in [3.05, 3.63) is 53.6 Å². The molecule has 0 spiro atoms. The van der Waals surface area contributed by atoms with E-state index in [1.807, 2.05) is 0 Å². The third-order valence-electron chi connectivity index (χ3n) is 10.5. The zero-order chi connectivity index (χ0) is 40.8. The van der Waals surface area contributed by atoms with Crippen LogP contribution in [0.4, 0.5) is 0 Å². The average molecular weight is 841 g/mol. The molecule has 0 atom stereocenters. The fourth-order valence-electron chi connectivity index (χ4n) is 7.01. The van der Waals surface area contributed by atoms with E-state index in [0.717, 1.165) is 76.7 Å². The van der Waals surface area contributed by atoms with E-state index in [0.29, 0.717) is 12.8 Å². The number of esters is 2. The van der Waals surface area contributed by atoms with Crippen molar-refractivity contribution in [2.45, 2.75) is 224 Å². The maximum Gasteiger partial charge on any atom is 1.00 e. The maximum atomic E-state index is 13.0. The second-order valence-corrected chi connectivity index (χ2v) is 17.0. The van der Waals surface area contributed by atoms with E-state index >= 15 is 0 Å². The predicted molar refractivity (Wildman–Crippen MR) is 232 cm³/mol. The van der Waals surface area contributed by atoms with Crippen LogP contribution < -0.4 is 51.4 Å². The van der Waals surface area contributed by atoms with Crippen molar-refractivity contribution in [1.29, 1.82) is 0 Å². The molecular weight excluding hydrogens is 760 g/mol. The Morgan fingerprint density at radius 2 is 0.807 bits per heavy atom. The number of carbonyl (C=O) groups excluding carboxylic acids is 2. The summed E-state index contributed by atoms with van der Waals surface area (Å²) in [6.07, 6.45) is 47.6. The molecule has 0 unspecified atom stereocenters. The molecule has 0 fully saturated rings. The van der Waals surface area contributed by atoms with Crippen LogP contribution >= 0.6 is 0 Å². The van der Waals surface area contributed by atoms with Gasteiger partial charge in [-0.1, -0.05) is 185 Å². The maximum absolute atomic E-state index is 13.0. The molecule has 0 amide bonds. The number of allylic oxidation sites excluding steroid dienone is 4. The van der Waals surface area contributed by atoms with Gasteiger partial charge in [-0.25, -0.2) is 18.0 Å². The van der Waals surface area contributed by atoms with Crippen LogP contribution in [0, 0.1) is 0 Å². The summed E-state index contributed by atoms with van der Waals surface area (Å²) in [5.41, 5.74) is -0.792. The molecule has 0 saturated heterocycles. The van der Waals surface area contributed by atoms with Gasteiger partial charge in [-0.2, -0.15) is 0 Å². The van der Waals surface area contributed by atoms with E-state index in [1.165, 1.54) is 134 Å². The number of rotatable bonds is 39. The summed E-state index contributed by atoms with van der Waals surface area (Å²) in [6, 6.07) is 3.62. The zero-order valence-electron chi connectivity index (χ0n) is 36.8. The van der Waals surface area contributed by atoms with E-state index < -0.39 is 32.5 Å². The van der Waals surface area contributed by atoms with Crippen molar-refractivity contribution in [2.75, 3.05) is 13.2 Å². The summed E-state index contributed by atoms with van der Waals surface area (Å²) in [5.74, 6) is -1.83. The van der Waals surface area contributed by atoms with Gasteiger partial charge in [-0.15, -0.1) is 0 Å². The van der Waals surface area contributed by atoms with Gasteiger partial charge in [0.2, 0.25) is 0 Å². The van der Waals surface area contributed by atoms with Crippen molar-refractivity contribution in [1.82, 2.24) is 0 Å². The van der Waals surface area contributed by atoms with E-state index in [9.17, 15) is 22.6 Å². The number of ether oxygens (including phenoxy) is 2. The van der Waals surface area contributed by atoms with Crippen molar-refractivity contribution >= 4 is 22.1 Å². The van der Waals surface area contributed by atoms with Gasteiger partial charge in [0.05, 0.1) is 29.2 Å². The summed E-state index contributed by atoms with van der Waals surface area (Å²) in [6.45, 7) is 4.74. The first kappa shape index (κ1) is 56.2. The first-order valence-electron chi connectivity index (χ1n) is 23.1. The first-order valence-corrected chi connectivity index (χ1v) is 24.5. The summed E-state index contributed by atoms with van der Waals surface area (Å²) in [4.78, 5) is 25.2. The number of hydrogen-bond donors (Lipinski definition) is 0. The average Bonchev–Trinajstić information content (AvgIpc) is 3.18. The number of hydrogen-bond acceptors (Lipinski definition) is 7. The Labute approximate surface area is 392 Å². The predicted octanol–water partition coefficient (Wildman–Crippen LogP) is 11.5. The van der Waals surface area contributed by atoms with Crippen LogP contribution in [-0.2, 0) is 19.6 Å². The van der Waals surface area contributed by atoms with Crippen molar-refractivity contribution in [2.24, 2.45) is 0 Å². The number of unbranched alkanes of at least 4 members (excludes halogenated alkanes) is 28. The molecular formula is C48H81KO7S. The Hall–Kier alpha value is -0.814. The molecule has 0 aromatic heterocycles. The minimum Gasteiger partial charge on any atom is -0.744 e. The second kappa shape index (κ2) is 40.6. The minimum atomic E-state index is -5.02. The SMILES string of the molecule is CCCCCCCCCCC/C=C/CCCCCCCOC(=O)c1cccc(S(=O)(=O)[O-])c1C(=O)OCCCCCCC/C=C/CCCCCCCCCCC.[K+]. The summed E-state index contributed by atoms with van der Waals surface area (Å²) >= 11 is 0. The van der Waals surface area contributed by atoms with E-state index in [1.54, 1.807) is 0 Å². The van der Waals surface area contributed by atoms with Crippen LogP contribution in [0.5, 0.6) is 0 Å². The van der Waals surface area contributed by atoms with Crippen LogP contribution in [0.25, 0.3) is 0 Å². The molecule has 0 radical (unpaired) electrons. The smallest absolute Gasteiger partial charge is 0.744 e. The summed E-state index contributed by atoms with van der Waals surface area (Å²) in [7, 11) is -5.02. The summed E-state index contributed by atoms with van der Waals surface area (Å²) < 4.78 is 46.8. The molecule has 0 saturated carbocycles. The van der Waals surface area contributed by atoms with E-state index in [4.69, 9.17) is 9.47 Å². The van der Waals surface area contributed by atoms with Gasteiger partial charge in [0.15, 0.2) is 0 Å². The van der Waals surface area contributed by atoms with Gasteiger partial charge >= 0.3 is 63.3 Å². The van der Waals surface area contributed by atoms with Gasteiger partial charge in [-0.05, 0) is 76.3 Å². The fraction of sp³-hybridized carbons (Fsp3) is 0.750. The van der Waals surface area contributed by atoms with Crippen LogP contribution in [0.3, 0.4) is 0 Å².